The van der Waals surface area contributed by atoms with E-state index < -0.39 is 0 Å². The summed E-state index contributed by atoms with van der Waals surface area (Å²) in [7, 11) is 0. The second kappa shape index (κ2) is 5.85. The zero-order chi connectivity index (χ0) is 12.1. The van der Waals surface area contributed by atoms with Gasteiger partial charge in [0.15, 0.2) is 0 Å². The molecule has 0 aliphatic carbocycles. The highest BCUT2D eigenvalue weighted by molar-refractivity contribution is 6.17. The molecular formula is C12H14ClFO2. The molecule has 0 N–H and O–H groups in total. The van der Waals surface area contributed by atoms with Crippen LogP contribution in [0.1, 0.15) is 23.6 Å². The minimum absolute atomic E-state index is 0.0626. The lowest BCUT2D eigenvalue weighted by molar-refractivity contribution is -0.142. The molecule has 16 heavy (non-hydrogen) atoms. The van der Waals surface area contributed by atoms with Gasteiger partial charge in [0.25, 0.3) is 0 Å². The lowest BCUT2D eigenvalue weighted by atomic mass is 10.0. The van der Waals surface area contributed by atoms with Crippen molar-refractivity contribution < 1.29 is 13.9 Å². The normalized spacial score (nSPS) is 10.2. The summed E-state index contributed by atoms with van der Waals surface area (Å²) in [5, 5.41) is 0. The molecule has 0 amide bonds. The number of alkyl halides is 1. The van der Waals surface area contributed by atoms with Crippen LogP contribution in [0.4, 0.5) is 4.39 Å². The SMILES string of the molecule is CCOC(=O)Cc1cc(F)c(C)cc1CCl. The number of esters is 1. The molecule has 1 rings (SSSR count). The molecule has 0 aromatic heterocycles. The Balaban J connectivity index is 2.94. The van der Waals surface area contributed by atoms with Gasteiger partial charge < -0.3 is 4.74 Å². The Hall–Kier alpha value is -1.09. The van der Waals surface area contributed by atoms with Gasteiger partial charge in [-0.2, -0.15) is 0 Å². The number of carbonyl (C=O) groups is 1. The number of hydrogen-bond acceptors (Lipinski definition) is 2. The quantitative estimate of drug-likeness (QED) is 0.601. The van der Waals surface area contributed by atoms with Gasteiger partial charge in [0.05, 0.1) is 13.0 Å². The van der Waals surface area contributed by atoms with E-state index in [-0.39, 0.29) is 24.1 Å². The number of aryl methyl sites for hydroxylation is 1. The van der Waals surface area contributed by atoms with Crippen molar-refractivity contribution >= 4 is 17.6 Å². The van der Waals surface area contributed by atoms with Crippen LogP contribution in [-0.2, 0) is 21.8 Å². The highest BCUT2D eigenvalue weighted by Gasteiger charge is 2.11. The molecule has 0 fully saturated rings. The molecule has 0 unspecified atom stereocenters. The van der Waals surface area contributed by atoms with Gasteiger partial charge in [-0.05, 0) is 36.6 Å². The van der Waals surface area contributed by atoms with Crippen LogP contribution in [0.3, 0.4) is 0 Å². The summed E-state index contributed by atoms with van der Waals surface area (Å²) in [6.45, 7) is 3.72. The average Bonchev–Trinajstić information content (AvgIpc) is 2.23. The van der Waals surface area contributed by atoms with E-state index in [1.807, 2.05) is 0 Å². The summed E-state index contributed by atoms with van der Waals surface area (Å²) in [6.07, 6.45) is 0.0626. The van der Waals surface area contributed by atoms with E-state index in [4.69, 9.17) is 16.3 Å². The third-order valence-corrected chi connectivity index (χ3v) is 2.55. The Bertz CT molecular complexity index is 391. The van der Waals surface area contributed by atoms with E-state index in [9.17, 15) is 9.18 Å². The van der Waals surface area contributed by atoms with Gasteiger partial charge in [-0.1, -0.05) is 6.07 Å². The maximum Gasteiger partial charge on any atom is 0.310 e. The summed E-state index contributed by atoms with van der Waals surface area (Å²) in [4.78, 5) is 11.3. The molecular weight excluding hydrogens is 231 g/mol. The van der Waals surface area contributed by atoms with Gasteiger partial charge in [-0.25, -0.2) is 4.39 Å². The Kier molecular flexibility index (Phi) is 4.74. The van der Waals surface area contributed by atoms with Crippen LogP contribution in [0.2, 0.25) is 0 Å². The minimum atomic E-state index is -0.364. The van der Waals surface area contributed by atoms with Gasteiger partial charge in [0.2, 0.25) is 0 Å². The molecule has 0 spiro atoms. The zero-order valence-electron chi connectivity index (χ0n) is 9.35. The Morgan fingerprint density at radius 2 is 2.12 bits per heavy atom. The summed E-state index contributed by atoms with van der Waals surface area (Å²) >= 11 is 5.74. The largest absolute Gasteiger partial charge is 0.466 e. The van der Waals surface area contributed by atoms with Crippen LogP contribution in [0.15, 0.2) is 12.1 Å². The first-order valence-electron chi connectivity index (χ1n) is 5.08. The smallest absolute Gasteiger partial charge is 0.310 e. The van der Waals surface area contributed by atoms with Gasteiger partial charge in [-0.3, -0.25) is 4.79 Å². The van der Waals surface area contributed by atoms with Gasteiger partial charge in [0, 0.05) is 5.88 Å². The fraction of sp³-hybridized carbons (Fsp3) is 0.417. The molecule has 0 aliphatic rings. The molecule has 1 aromatic carbocycles. The lowest BCUT2D eigenvalue weighted by Gasteiger charge is -2.08. The number of ether oxygens (including phenoxy) is 1. The minimum Gasteiger partial charge on any atom is -0.466 e. The summed E-state index contributed by atoms with van der Waals surface area (Å²) in [6, 6.07) is 3.01. The Morgan fingerprint density at radius 1 is 1.44 bits per heavy atom. The topological polar surface area (TPSA) is 26.3 Å². The summed E-state index contributed by atoms with van der Waals surface area (Å²) in [5.41, 5.74) is 1.90. The standard InChI is InChI=1S/C12H14ClFO2/c1-3-16-12(15)6-9-5-11(14)8(2)4-10(9)7-13/h4-5H,3,6-7H2,1-2H3. The molecule has 0 atom stereocenters. The Labute approximate surface area is 99.4 Å². The van der Waals surface area contributed by atoms with Crippen molar-refractivity contribution in [3.63, 3.8) is 0 Å². The fourth-order valence-corrected chi connectivity index (χ4v) is 1.69. The van der Waals surface area contributed by atoms with Crippen molar-refractivity contribution in [2.75, 3.05) is 6.61 Å². The molecule has 0 aliphatic heterocycles. The molecule has 2 nitrogen and oxygen atoms in total. The highest BCUT2D eigenvalue weighted by Crippen LogP contribution is 2.18. The average molecular weight is 245 g/mol. The molecule has 0 bridgehead atoms. The summed E-state index contributed by atoms with van der Waals surface area (Å²) in [5.74, 6) is -0.430. The van der Waals surface area contributed by atoms with Crippen LogP contribution < -0.4 is 0 Å². The maximum absolute atomic E-state index is 13.3. The van der Waals surface area contributed by atoms with Crippen molar-refractivity contribution in [2.24, 2.45) is 0 Å². The maximum atomic E-state index is 13.3. The molecule has 0 heterocycles. The molecule has 0 saturated carbocycles. The van der Waals surface area contributed by atoms with E-state index in [0.29, 0.717) is 17.7 Å². The first-order valence-corrected chi connectivity index (χ1v) is 5.61. The molecule has 1 aromatic rings. The van der Waals surface area contributed by atoms with Crippen molar-refractivity contribution in [1.82, 2.24) is 0 Å². The van der Waals surface area contributed by atoms with E-state index in [0.717, 1.165) is 5.56 Å². The van der Waals surface area contributed by atoms with E-state index in [2.05, 4.69) is 0 Å². The van der Waals surface area contributed by atoms with E-state index in [1.54, 1.807) is 19.9 Å². The second-order valence-corrected chi connectivity index (χ2v) is 3.75. The van der Waals surface area contributed by atoms with Gasteiger partial charge >= 0.3 is 5.97 Å². The predicted molar refractivity (Wildman–Crippen MR) is 61.0 cm³/mol. The van der Waals surface area contributed by atoms with Crippen molar-refractivity contribution in [3.8, 4) is 0 Å². The van der Waals surface area contributed by atoms with Crippen LogP contribution >= 0.6 is 11.6 Å². The third-order valence-electron chi connectivity index (χ3n) is 2.26. The monoisotopic (exact) mass is 244 g/mol. The van der Waals surface area contributed by atoms with Crippen LogP contribution in [0.25, 0.3) is 0 Å². The lowest BCUT2D eigenvalue weighted by Crippen LogP contribution is -2.09. The van der Waals surface area contributed by atoms with Crippen LogP contribution in [-0.4, -0.2) is 12.6 Å². The number of rotatable bonds is 4. The fourth-order valence-electron chi connectivity index (χ4n) is 1.44. The Morgan fingerprint density at radius 3 is 2.69 bits per heavy atom. The van der Waals surface area contributed by atoms with E-state index >= 15 is 0 Å². The van der Waals surface area contributed by atoms with Crippen molar-refractivity contribution in [1.29, 1.82) is 0 Å². The first-order chi connectivity index (χ1) is 7.58. The molecule has 88 valence electrons. The molecule has 0 radical (unpaired) electrons. The third kappa shape index (κ3) is 3.20. The highest BCUT2D eigenvalue weighted by atomic mass is 35.5. The predicted octanol–water partition coefficient (Wildman–Crippen LogP) is 2.98. The zero-order valence-corrected chi connectivity index (χ0v) is 10.1. The van der Waals surface area contributed by atoms with Crippen molar-refractivity contribution in [2.45, 2.75) is 26.1 Å². The van der Waals surface area contributed by atoms with Crippen LogP contribution in [0.5, 0.6) is 0 Å². The number of benzene rings is 1. The molecule has 4 heteroatoms. The van der Waals surface area contributed by atoms with E-state index in [1.165, 1.54) is 6.07 Å². The number of halogens is 2. The number of carbonyl (C=O) groups excluding carboxylic acids is 1. The summed E-state index contributed by atoms with van der Waals surface area (Å²) < 4.78 is 18.1. The number of hydrogen-bond donors (Lipinski definition) is 0. The first kappa shape index (κ1) is 13.0. The van der Waals surface area contributed by atoms with Gasteiger partial charge in [-0.15, -0.1) is 11.6 Å². The van der Waals surface area contributed by atoms with Crippen molar-refractivity contribution in [3.05, 3.63) is 34.6 Å². The van der Waals surface area contributed by atoms with Crippen LogP contribution in [0, 0.1) is 12.7 Å². The van der Waals surface area contributed by atoms with Gasteiger partial charge in [0.1, 0.15) is 5.82 Å². The molecule has 0 saturated heterocycles. The second-order valence-electron chi connectivity index (χ2n) is 3.49.